The molecule has 1 aliphatic heterocycles. The minimum atomic E-state index is -0.869. The van der Waals surface area contributed by atoms with Crippen LogP contribution in [0.5, 0.6) is 0 Å². The molecular weight excluding hydrogens is 407 g/mol. The molecule has 0 atom stereocenters. The Balaban J connectivity index is 1.77. The first kappa shape index (κ1) is 20.0. The van der Waals surface area contributed by atoms with Crippen molar-refractivity contribution < 1.29 is 23.7 Å². The second-order valence-corrected chi connectivity index (χ2v) is 6.28. The molecule has 2 N–H and O–H groups in total. The molecule has 9 nitrogen and oxygen atoms in total. The normalized spacial score (nSPS) is 14.8. The first-order valence-electron chi connectivity index (χ1n) is 8.09. The quantitative estimate of drug-likeness (QED) is 0.334. The van der Waals surface area contributed by atoms with Crippen molar-refractivity contribution >= 4 is 46.9 Å². The van der Waals surface area contributed by atoms with Gasteiger partial charge in [-0.1, -0.05) is 23.7 Å². The third-order valence-electron chi connectivity index (χ3n) is 3.90. The van der Waals surface area contributed by atoms with Crippen molar-refractivity contribution in [2.24, 2.45) is 0 Å². The maximum absolute atomic E-state index is 13.6. The largest absolute Gasteiger partial charge is 0.329 e. The van der Waals surface area contributed by atoms with Crippen molar-refractivity contribution in [3.05, 3.63) is 74.7 Å². The molecule has 148 valence electrons. The van der Waals surface area contributed by atoms with Crippen LogP contribution in [0.3, 0.4) is 0 Å². The van der Waals surface area contributed by atoms with Gasteiger partial charge >= 0.3 is 6.03 Å². The van der Waals surface area contributed by atoms with E-state index in [-0.39, 0.29) is 27.7 Å². The summed E-state index contributed by atoms with van der Waals surface area (Å²) in [6, 6.07) is 8.18. The van der Waals surface area contributed by atoms with Gasteiger partial charge in [-0.15, -0.1) is 0 Å². The highest BCUT2D eigenvalue weighted by atomic mass is 35.5. The molecule has 4 amide bonds. The highest BCUT2D eigenvalue weighted by Gasteiger charge is 2.35. The first-order valence-corrected chi connectivity index (χ1v) is 8.47. The van der Waals surface area contributed by atoms with Crippen molar-refractivity contribution in [3.63, 3.8) is 0 Å². The summed E-state index contributed by atoms with van der Waals surface area (Å²) in [5.41, 5.74) is -0.416. The summed E-state index contributed by atoms with van der Waals surface area (Å²) < 4.78 is 13.6. The summed E-state index contributed by atoms with van der Waals surface area (Å²) in [4.78, 5) is 47.5. The van der Waals surface area contributed by atoms with Crippen LogP contribution in [0, 0.1) is 15.9 Å². The number of hydrogen-bond acceptors (Lipinski definition) is 5. The molecule has 1 saturated heterocycles. The number of nitrogens with zero attached hydrogens (tertiary/aromatic N) is 2. The molecule has 3 rings (SSSR count). The molecule has 1 fully saturated rings. The standard InChI is InChI=1S/C18H12ClFN4O5/c19-12-6-5-11(24(28)29)7-10(12)8-15-17(26)23(18(27)22-15)9-16(25)21-14-4-2-1-3-13(14)20/h1-8H,9H2,(H,21,25)(H,22,27)/b15-8+. The number of rotatable bonds is 5. The van der Waals surface area contributed by atoms with Gasteiger partial charge in [0.05, 0.1) is 10.6 Å². The number of amides is 4. The Bertz CT molecular complexity index is 1070. The second-order valence-electron chi connectivity index (χ2n) is 5.87. The molecule has 11 heteroatoms. The minimum absolute atomic E-state index is 0.0938. The Kier molecular flexibility index (Phi) is 5.55. The second kappa shape index (κ2) is 8.07. The number of halogens is 2. The van der Waals surface area contributed by atoms with Crippen molar-refractivity contribution in [1.82, 2.24) is 10.2 Å². The van der Waals surface area contributed by atoms with Crippen molar-refractivity contribution in [1.29, 1.82) is 0 Å². The van der Waals surface area contributed by atoms with E-state index in [1.165, 1.54) is 36.4 Å². The number of non-ortho nitro benzene ring substituents is 1. The Morgan fingerprint density at radius 2 is 2.00 bits per heavy atom. The van der Waals surface area contributed by atoms with Crippen LogP contribution in [0.2, 0.25) is 5.02 Å². The van der Waals surface area contributed by atoms with E-state index in [1.807, 2.05) is 0 Å². The van der Waals surface area contributed by atoms with Gasteiger partial charge in [0.2, 0.25) is 5.91 Å². The summed E-state index contributed by atoms with van der Waals surface area (Å²) in [6.07, 6.45) is 1.17. The monoisotopic (exact) mass is 418 g/mol. The maximum atomic E-state index is 13.6. The van der Waals surface area contributed by atoms with Crippen LogP contribution in [-0.4, -0.2) is 34.2 Å². The number of anilines is 1. The van der Waals surface area contributed by atoms with Crippen LogP contribution in [0.4, 0.5) is 20.6 Å². The number of nitrogens with one attached hydrogen (secondary N) is 2. The van der Waals surface area contributed by atoms with E-state index in [9.17, 15) is 28.9 Å². The Morgan fingerprint density at radius 1 is 1.28 bits per heavy atom. The molecule has 0 aromatic heterocycles. The van der Waals surface area contributed by atoms with Gasteiger partial charge in [0.1, 0.15) is 18.1 Å². The molecule has 1 heterocycles. The summed E-state index contributed by atoms with van der Waals surface area (Å²) in [5, 5.41) is 15.6. The number of carbonyl (C=O) groups excluding carboxylic acids is 3. The zero-order chi connectivity index (χ0) is 21.1. The SMILES string of the molecule is O=C(CN1C(=O)N/C(=C/c2cc([N+](=O)[O-])ccc2Cl)C1=O)Nc1ccccc1F. The number of para-hydroxylation sites is 1. The topological polar surface area (TPSA) is 122 Å². The molecule has 0 saturated carbocycles. The van der Waals surface area contributed by atoms with E-state index in [2.05, 4.69) is 10.6 Å². The predicted molar refractivity (Wildman–Crippen MR) is 101 cm³/mol. The van der Waals surface area contributed by atoms with E-state index < -0.39 is 35.1 Å². The number of nitro benzene ring substituents is 1. The number of hydrogen-bond donors (Lipinski definition) is 2. The molecule has 0 unspecified atom stereocenters. The summed E-state index contributed by atoms with van der Waals surface area (Å²) in [5.74, 6) is -2.28. The number of carbonyl (C=O) groups is 3. The van der Waals surface area contributed by atoms with Crippen LogP contribution in [-0.2, 0) is 9.59 Å². The molecule has 0 aliphatic carbocycles. The number of benzene rings is 2. The number of imide groups is 1. The Morgan fingerprint density at radius 3 is 2.69 bits per heavy atom. The van der Waals surface area contributed by atoms with E-state index in [0.29, 0.717) is 4.90 Å². The van der Waals surface area contributed by atoms with E-state index in [0.717, 1.165) is 12.1 Å². The maximum Gasteiger partial charge on any atom is 0.329 e. The summed E-state index contributed by atoms with van der Waals surface area (Å²) >= 11 is 5.98. The molecule has 29 heavy (non-hydrogen) atoms. The smallest absolute Gasteiger partial charge is 0.322 e. The van der Waals surface area contributed by atoms with Gasteiger partial charge in [0.25, 0.3) is 11.6 Å². The highest BCUT2D eigenvalue weighted by Crippen LogP contribution is 2.25. The van der Waals surface area contributed by atoms with Crippen LogP contribution in [0.25, 0.3) is 6.08 Å². The van der Waals surface area contributed by atoms with Gasteiger partial charge in [0.15, 0.2) is 0 Å². The van der Waals surface area contributed by atoms with Gasteiger partial charge in [-0.25, -0.2) is 14.1 Å². The van der Waals surface area contributed by atoms with Crippen LogP contribution in [0.15, 0.2) is 48.2 Å². The average molecular weight is 419 g/mol. The average Bonchev–Trinajstić information content (AvgIpc) is 2.92. The first-order chi connectivity index (χ1) is 13.8. The molecule has 0 bridgehead atoms. The third-order valence-corrected chi connectivity index (χ3v) is 4.25. The van der Waals surface area contributed by atoms with Gasteiger partial charge < -0.3 is 10.6 Å². The fraction of sp³-hybridized carbons (Fsp3) is 0.0556. The lowest BCUT2D eigenvalue weighted by Gasteiger charge is -2.12. The zero-order valence-corrected chi connectivity index (χ0v) is 15.3. The lowest BCUT2D eigenvalue weighted by atomic mass is 10.1. The fourth-order valence-corrected chi connectivity index (χ4v) is 2.69. The van der Waals surface area contributed by atoms with Crippen molar-refractivity contribution in [2.75, 3.05) is 11.9 Å². The molecule has 2 aromatic rings. The van der Waals surface area contributed by atoms with Crippen molar-refractivity contribution in [3.8, 4) is 0 Å². The molecular formula is C18H12ClFN4O5. The Labute approximate surface area is 167 Å². The van der Waals surface area contributed by atoms with Gasteiger partial charge in [-0.05, 0) is 24.3 Å². The Hall–Kier alpha value is -3.79. The van der Waals surface area contributed by atoms with E-state index >= 15 is 0 Å². The van der Waals surface area contributed by atoms with Crippen molar-refractivity contribution in [2.45, 2.75) is 0 Å². The van der Waals surface area contributed by atoms with Gasteiger partial charge in [0, 0.05) is 22.7 Å². The molecule has 1 aliphatic rings. The summed E-state index contributed by atoms with van der Waals surface area (Å²) in [6.45, 7) is -0.654. The lowest BCUT2D eigenvalue weighted by Crippen LogP contribution is -2.38. The number of urea groups is 1. The van der Waals surface area contributed by atoms with Gasteiger partial charge in [-0.2, -0.15) is 0 Å². The van der Waals surface area contributed by atoms with Crippen LogP contribution in [0.1, 0.15) is 5.56 Å². The molecule has 0 radical (unpaired) electrons. The highest BCUT2D eigenvalue weighted by molar-refractivity contribution is 6.32. The van der Waals surface area contributed by atoms with E-state index in [4.69, 9.17) is 11.6 Å². The predicted octanol–water partition coefficient (Wildman–Crippen LogP) is 2.92. The zero-order valence-electron chi connectivity index (χ0n) is 14.5. The van der Waals surface area contributed by atoms with Crippen LogP contribution < -0.4 is 10.6 Å². The minimum Gasteiger partial charge on any atom is -0.322 e. The number of nitro groups is 1. The molecule has 0 spiro atoms. The van der Waals surface area contributed by atoms with Gasteiger partial charge in [-0.3, -0.25) is 19.7 Å². The lowest BCUT2D eigenvalue weighted by molar-refractivity contribution is -0.384. The third kappa shape index (κ3) is 4.38. The summed E-state index contributed by atoms with van der Waals surface area (Å²) in [7, 11) is 0. The fourth-order valence-electron chi connectivity index (χ4n) is 2.52. The molecule has 2 aromatic carbocycles. The van der Waals surface area contributed by atoms with Crippen LogP contribution >= 0.6 is 11.6 Å². The van der Waals surface area contributed by atoms with E-state index in [1.54, 1.807) is 0 Å².